The summed E-state index contributed by atoms with van der Waals surface area (Å²) in [4.78, 5) is 13.2. The highest BCUT2D eigenvalue weighted by atomic mass is 16.5. The molecular weight excluding hydrogens is 230 g/mol. The fraction of sp³-hybridized carbons (Fsp3) is 0.786. The third kappa shape index (κ3) is 5.19. The Kier molecular flexibility index (Phi) is 6.98. The van der Waals surface area contributed by atoms with Crippen LogP contribution in [-0.2, 0) is 9.53 Å². The van der Waals surface area contributed by atoms with Crippen LogP contribution in [0.15, 0.2) is 11.6 Å². The van der Waals surface area contributed by atoms with Crippen LogP contribution in [0.25, 0.3) is 0 Å². The van der Waals surface area contributed by atoms with Gasteiger partial charge in [-0.3, -0.25) is 4.90 Å². The summed E-state index contributed by atoms with van der Waals surface area (Å²) in [7, 11) is 0. The van der Waals surface area contributed by atoms with Gasteiger partial charge in [0.25, 0.3) is 0 Å². The molecule has 0 saturated carbocycles. The molecular formula is C14H25NO3. The minimum atomic E-state index is -0.798. The first-order valence-corrected chi connectivity index (χ1v) is 6.93. The topological polar surface area (TPSA) is 49.8 Å². The molecule has 18 heavy (non-hydrogen) atoms. The first-order chi connectivity index (χ1) is 8.67. The van der Waals surface area contributed by atoms with Crippen LogP contribution in [-0.4, -0.2) is 48.3 Å². The lowest BCUT2D eigenvalue weighted by Gasteiger charge is -2.31. The van der Waals surface area contributed by atoms with Gasteiger partial charge in [0.2, 0.25) is 0 Å². The second kappa shape index (κ2) is 8.27. The van der Waals surface area contributed by atoms with Crippen molar-refractivity contribution < 1.29 is 14.6 Å². The van der Waals surface area contributed by atoms with Crippen LogP contribution in [0.4, 0.5) is 0 Å². The molecule has 1 unspecified atom stereocenters. The molecule has 1 saturated heterocycles. The molecule has 0 aromatic heterocycles. The van der Waals surface area contributed by atoms with Crippen molar-refractivity contribution in [1.29, 1.82) is 0 Å². The SMILES string of the molecule is CCCOC1CCCN(CC=C(CC)C(=O)O)C1. The van der Waals surface area contributed by atoms with Gasteiger partial charge < -0.3 is 9.84 Å². The van der Waals surface area contributed by atoms with Crippen molar-refractivity contribution in [2.75, 3.05) is 26.2 Å². The van der Waals surface area contributed by atoms with Gasteiger partial charge in [0.05, 0.1) is 6.10 Å². The van der Waals surface area contributed by atoms with E-state index in [1.165, 1.54) is 0 Å². The van der Waals surface area contributed by atoms with E-state index >= 15 is 0 Å². The number of carbonyl (C=O) groups is 1. The number of likely N-dealkylation sites (tertiary alicyclic amines) is 1. The third-order valence-electron chi connectivity index (χ3n) is 3.27. The minimum Gasteiger partial charge on any atom is -0.478 e. The maximum Gasteiger partial charge on any atom is 0.331 e. The molecule has 1 heterocycles. The van der Waals surface area contributed by atoms with Crippen LogP contribution < -0.4 is 0 Å². The Labute approximate surface area is 110 Å². The summed E-state index contributed by atoms with van der Waals surface area (Å²) in [6.45, 7) is 7.50. The Hall–Kier alpha value is -0.870. The standard InChI is InChI=1S/C14H25NO3/c1-3-10-18-13-6-5-8-15(11-13)9-7-12(4-2)14(16)17/h7,13H,3-6,8-11H2,1-2H3,(H,16,17). The number of hydrogen-bond acceptors (Lipinski definition) is 3. The van der Waals surface area contributed by atoms with Crippen molar-refractivity contribution in [3.63, 3.8) is 0 Å². The number of piperidine rings is 1. The molecule has 1 rings (SSSR count). The summed E-state index contributed by atoms with van der Waals surface area (Å²) < 4.78 is 5.76. The van der Waals surface area contributed by atoms with Gasteiger partial charge in [0.15, 0.2) is 0 Å². The summed E-state index contributed by atoms with van der Waals surface area (Å²) in [5.74, 6) is -0.798. The Bertz CT molecular complexity index is 289. The average Bonchev–Trinajstić information content (AvgIpc) is 2.37. The van der Waals surface area contributed by atoms with Crippen LogP contribution in [0.3, 0.4) is 0 Å². The highest BCUT2D eigenvalue weighted by molar-refractivity contribution is 5.86. The van der Waals surface area contributed by atoms with Gasteiger partial charge in [-0.2, -0.15) is 0 Å². The molecule has 1 N–H and O–H groups in total. The Balaban J connectivity index is 2.40. The van der Waals surface area contributed by atoms with E-state index in [9.17, 15) is 4.79 Å². The lowest BCUT2D eigenvalue weighted by Crippen LogP contribution is -2.39. The van der Waals surface area contributed by atoms with E-state index < -0.39 is 5.97 Å². The van der Waals surface area contributed by atoms with E-state index in [-0.39, 0.29) is 0 Å². The molecule has 0 aliphatic carbocycles. The lowest BCUT2D eigenvalue weighted by molar-refractivity contribution is -0.132. The zero-order chi connectivity index (χ0) is 13.4. The molecule has 0 amide bonds. The predicted molar refractivity (Wildman–Crippen MR) is 71.7 cm³/mol. The molecule has 1 fully saturated rings. The maximum absolute atomic E-state index is 10.9. The van der Waals surface area contributed by atoms with Crippen LogP contribution in [0.2, 0.25) is 0 Å². The highest BCUT2D eigenvalue weighted by Gasteiger charge is 2.19. The molecule has 4 nitrogen and oxygen atoms in total. The number of aliphatic carboxylic acids is 1. The van der Waals surface area contributed by atoms with Crippen LogP contribution in [0.1, 0.15) is 39.5 Å². The van der Waals surface area contributed by atoms with Gasteiger partial charge >= 0.3 is 5.97 Å². The number of carboxylic acid groups (broad SMARTS) is 1. The van der Waals surface area contributed by atoms with Gasteiger partial charge in [0, 0.05) is 25.3 Å². The third-order valence-corrected chi connectivity index (χ3v) is 3.27. The summed E-state index contributed by atoms with van der Waals surface area (Å²) in [5.41, 5.74) is 0.506. The molecule has 1 aliphatic heterocycles. The monoisotopic (exact) mass is 255 g/mol. The molecule has 1 aliphatic rings. The second-order valence-electron chi connectivity index (χ2n) is 4.78. The van der Waals surface area contributed by atoms with Crippen molar-refractivity contribution in [3.05, 3.63) is 11.6 Å². The number of rotatable bonds is 7. The Morgan fingerprint density at radius 1 is 1.50 bits per heavy atom. The zero-order valence-corrected chi connectivity index (χ0v) is 11.5. The first-order valence-electron chi connectivity index (χ1n) is 6.93. The summed E-state index contributed by atoms with van der Waals surface area (Å²) in [5, 5.41) is 8.96. The fourth-order valence-corrected chi connectivity index (χ4v) is 2.22. The second-order valence-corrected chi connectivity index (χ2v) is 4.78. The average molecular weight is 255 g/mol. The van der Waals surface area contributed by atoms with E-state index in [0.717, 1.165) is 45.5 Å². The molecule has 1 atom stereocenters. The van der Waals surface area contributed by atoms with Crippen molar-refractivity contribution in [2.24, 2.45) is 0 Å². The first kappa shape index (κ1) is 15.2. The van der Waals surface area contributed by atoms with E-state index in [1.807, 2.05) is 13.0 Å². The van der Waals surface area contributed by atoms with Gasteiger partial charge in [-0.05, 0) is 32.2 Å². The van der Waals surface area contributed by atoms with Crippen molar-refractivity contribution in [3.8, 4) is 0 Å². The van der Waals surface area contributed by atoms with E-state index in [4.69, 9.17) is 9.84 Å². The highest BCUT2D eigenvalue weighted by Crippen LogP contribution is 2.14. The molecule has 0 aromatic rings. The zero-order valence-electron chi connectivity index (χ0n) is 11.5. The Morgan fingerprint density at radius 2 is 2.28 bits per heavy atom. The van der Waals surface area contributed by atoms with E-state index in [0.29, 0.717) is 18.1 Å². The van der Waals surface area contributed by atoms with Crippen LogP contribution in [0.5, 0.6) is 0 Å². The minimum absolute atomic E-state index is 0.321. The summed E-state index contributed by atoms with van der Waals surface area (Å²) in [6, 6.07) is 0. The van der Waals surface area contributed by atoms with Crippen molar-refractivity contribution in [2.45, 2.75) is 45.6 Å². The Morgan fingerprint density at radius 3 is 2.89 bits per heavy atom. The predicted octanol–water partition coefficient (Wildman–Crippen LogP) is 2.30. The van der Waals surface area contributed by atoms with Gasteiger partial charge in [0.1, 0.15) is 0 Å². The number of carboxylic acids is 1. The van der Waals surface area contributed by atoms with Crippen molar-refractivity contribution in [1.82, 2.24) is 4.90 Å². The molecule has 4 heteroatoms. The van der Waals surface area contributed by atoms with E-state index in [2.05, 4.69) is 11.8 Å². The van der Waals surface area contributed by atoms with Crippen LogP contribution >= 0.6 is 0 Å². The van der Waals surface area contributed by atoms with Gasteiger partial charge in [-0.15, -0.1) is 0 Å². The van der Waals surface area contributed by atoms with Crippen molar-refractivity contribution >= 4 is 5.97 Å². The quantitative estimate of drug-likeness (QED) is 0.709. The van der Waals surface area contributed by atoms with E-state index in [1.54, 1.807) is 0 Å². The van der Waals surface area contributed by atoms with Crippen LogP contribution in [0, 0.1) is 0 Å². The maximum atomic E-state index is 10.9. The number of ether oxygens (including phenoxy) is 1. The summed E-state index contributed by atoms with van der Waals surface area (Å²) >= 11 is 0. The van der Waals surface area contributed by atoms with Gasteiger partial charge in [-0.25, -0.2) is 4.79 Å². The molecule has 104 valence electrons. The molecule has 0 radical (unpaired) electrons. The summed E-state index contributed by atoms with van der Waals surface area (Å²) in [6.07, 6.45) is 6.05. The smallest absolute Gasteiger partial charge is 0.331 e. The lowest BCUT2D eigenvalue weighted by atomic mass is 10.1. The fourth-order valence-electron chi connectivity index (χ4n) is 2.22. The normalized spacial score (nSPS) is 22.1. The number of nitrogens with zero attached hydrogens (tertiary/aromatic N) is 1. The molecule has 0 bridgehead atoms. The largest absolute Gasteiger partial charge is 0.478 e. The molecule has 0 aromatic carbocycles. The van der Waals surface area contributed by atoms with Gasteiger partial charge in [-0.1, -0.05) is 19.9 Å². The number of hydrogen-bond donors (Lipinski definition) is 1. The molecule has 0 spiro atoms.